The van der Waals surface area contributed by atoms with Crippen LogP contribution in [0.25, 0.3) is 0 Å². The highest BCUT2D eigenvalue weighted by molar-refractivity contribution is 5.69. The average Bonchev–Trinajstić information content (AvgIpc) is 2.34. The zero-order valence-corrected chi connectivity index (χ0v) is 10.5. The molecule has 0 aromatic rings. The molecule has 0 aliphatic carbocycles. The molecule has 0 aliphatic rings. The standard InChI is InChI=1S/C12H22O6/c13-8-10(14)9-18-12(17)7-5-3-1-2-4-6-11(15)16/h10,13-14H,1-9H2,(H,15,16). The van der Waals surface area contributed by atoms with E-state index in [0.29, 0.717) is 12.8 Å². The highest BCUT2D eigenvalue weighted by Gasteiger charge is 2.07. The Balaban J connectivity index is 3.27. The summed E-state index contributed by atoms with van der Waals surface area (Å²) in [4.78, 5) is 21.4. The highest BCUT2D eigenvalue weighted by atomic mass is 16.5. The first-order chi connectivity index (χ1) is 8.56. The van der Waals surface area contributed by atoms with Crippen molar-refractivity contribution >= 4 is 11.9 Å². The van der Waals surface area contributed by atoms with E-state index >= 15 is 0 Å². The van der Waals surface area contributed by atoms with Crippen LogP contribution in [-0.4, -0.2) is 46.6 Å². The molecule has 0 saturated heterocycles. The van der Waals surface area contributed by atoms with Gasteiger partial charge in [0.25, 0.3) is 0 Å². The molecule has 0 radical (unpaired) electrons. The number of aliphatic carboxylic acids is 1. The number of aliphatic hydroxyl groups excluding tert-OH is 2. The minimum atomic E-state index is -1.01. The second-order valence-electron chi connectivity index (χ2n) is 4.18. The van der Waals surface area contributed by atoms with Crippen LogP contribution in [0.5, 0.6) is 0 Å². The van der Waals surface area contributed by atoms with Crippen LogP contribution in [0.1, 0.15) is 44.9 Å². The molecule has 0 aliphatic heterocycles. The molecule has 106 valence electrons. The molecule has 0 spiro atoms. The third kappa shape index (κ3) is 11.3. The number of hydrogen-bond donors (Lipinski definition) is 3. The number of esters is 1. The average molecular weight is 262 g/mol. The van der Waals surface area contributed by atoms with Gasteiger partial charge in [0.2, 0.25) is 0 Å². The molecule has 0 heterocycles. The van der Waals surface area contributed by atoms with E-state index in [1.165, 1.54) is 0 Å². The molecular formula is C12H22O6. The number of carbonyl (C=O) groups is 2. The number of carbonyl (C=O) groups excluding carboxylic acids is 1. The van der Waals surface area contributed by atoms with E-state index in [4.69, 9.17) is 20.1 Å². The molecule has 0 aromatic carbocycles. The van der Waals surface area contributed by atoms with Crippen molar-refractivity contribution in [2.45, 2.75) is 51.0 Å². The maximum atomic E-state index is 11.1. The van der Waals surface area contributed by atoms with Gasteiger partial charge in [-0.25, -0.2) is 0 Å². The van der Waals surface area contributed by atoms with Crippen LogP contribution in [0.2, 0.25) is 0 Å². The van der Waals surface area contributed by atoms with E-state index in [2.05, 4.69) is 0 Å². The number of hydrogen-bond acceptors (Lipinski definition) is 5. The largest absolute Gasteiger partial charge is 0.481 e. The zero-order chi connectivity index (χ0) is 13.8. The lowest BCUT2D eigenvalue weighted by molar-refractivity contribution is -0.147. The van der Waals surface area contributed by atoms with Crippen molar-refractivity contribution in [2.24, 2.45) is 0 Å². The molecule has 0 aromatic heterocycles. The van der Waals surface area contributed by atoms with Gasteiger partial charge < -0.3 is 20.1 Å². The first-order valence-corrected chi connectivity index (χ1v) is 6.22. The highest BCUT2D eigenvalue weighted by Crippen LogP contribution is 2.07. The van der Waals surface area contributed by atoms with Gasteiger partial charge in [0.1, 0.15) is 12.7 Å². The fourth-order valence-corrected chi connectivity index (χ4v) is 1.39. The van der Waals surface area contributed by atoms with Crippen molar-refractivity contribution in [3.63, 3.8) is 0 Å². The van der Waals surface area contributed by atoms with Crippen molar-refractivity contribution < 1.29 is 29.6 Å². The summed E-state index contributed by atoms with van der Waals surface area (Å²) in [5.41, 5.74) is 0. The van der Waals surface area contributed by atoms with Gasteiger partial charge in [0, 0.05) is 12.8 Å². The van der Waals surface area contributed by atoms with E-state index in [1.807, 2.05) is 0 Å². The molecule has 18 heavy (non-hydrogen) atoms. The Hall–Kier alpha value is -1.14. The third-order valence-electron chi connectivity index (χ3n) is 2.42. The summed E-state index contributed by atoms with van der Waals surface area (Å²) in [6, 6.07) is 0. The number of aliphatic hydroxyl groups is 2. The molecule has 0 rings (SSSR count). The van der Waals surface area contributed by atoms with E-state index in [1.54, 1.807) is 0 Å². The van der Waals surface area contributed by atoms with Gasteiger partial charge in [0.15, 0.2) is 0 Å². The van der Waals surface area contributed by atoms with Crippen LogP contribution in [-0.2, 0) is 14.3 Å². The van der Waals surface area contributed by atoms with Crippen molar-refractivity contribution in [1.29, 1.82) is 0 Å². The summed E-state index contributed by atoms with van der Waals surface area (Å²) < 4.78 is 4.73. The van der Waals surface area contributed by atoms with Crippen LogP contribution < -0.4 is 0 Å². The van der Waals surface area contributed by atoms with Crippen molar-refractivity contribution in [3.05, 3.63) is 0 Å². The lowest BCUT2D eigenvalue weighted by Crippen LogP contribution is -2.21. The minimum absolute atomic E-state index is 0.173. The van der Waals surface area contributed by atoms with Crippen LogP contribution in [0.4, 0.5) is 0 Å². The lowest BCUT2D eigenvalue weighted by Gasteiger charge is -2.08. The Kier molecular flexibility index (Phi) is 10.3. The predicted octanol–water partition coefficient (Wildman–Crippen LogP) is 0.698. The molecule has 0 amide bonds. The van der Waals surface area contributed by atoms with E-state index in [0.717, 1.165) is 19.3 Å². The summed E-state index contributed by atoms with van der Waals surface area (Å²) >= 11 is 0. The normalized spacial score (nSPS) is 12.1. The Morgan fingerprint density at radius 1 is 1.00 bits per heavy atom. The van der Waals surface area contributed by atoms with Gasteiger partial charge in [-0.15, -0.1) is 0 Å². The first kappa shape index (κ1) is 16.9. The molecule has 6 nitrogen and oxygen atoms in total. The van der Waals surface area contributed by atoms with Crippen LogP contribution in [0.15, 0.2) is 0 Å². The van der Waals surface area contributed by atoms with E-state index in [9.17, 15) is 9.59 Å². The number of carboxylic acid groups (broad SMARTS) is 1. The SMILES string of the molecule is O=C(O)CCCCCCCC(=O)OCC(O)CO. The molecule has 1 atom stereocenters. The minimum Gasteiger partial charge on any atom is -0.481 e. The van der Waals surface area contributed by atoms with Crippen molar-refractivity contribution in [2.75, 3.05) is 13.2 Å². The van der Waals surface area contributed by atoms with Gasteiger partial charge in [-0.1, -0.05) is 19.3 Å². The van der Waals surface area contributed by atoms with Crippen LogP contribution >= 0.6 is 0 Å². The Morgan fingerprint density at radius 3 is 2.11 bits per heavy atom. The van der Waals surface area contributed by atoms with Gasteiger partial charge in [-0.2, -0.15) is 0 Å². The summed E-state index contributed by atoms with van der Waals surface area (Å²) in [7, 11) is 0. The number of rotatable bonds is 11. The summed E-state index contributed by atoms with van der Waals surface area (Å²) in [6.45, 7) is -0.592. The van der Waals surface area contributed by atoms with Gasteiger partial charge >= 0.3 is 11.9 Å². The van der Waals surface area contributed by atoms with Gasteiger partial charge in [-0.3, -0.25) is 9.59 Å². The Labute approximate surface area is 107 Å². The second kappa shape index (κ2) is 11.0. The fourth-order valence-electron chi connectivity index (χ4n) is 1.39. The zero-order valence-electron chi connectivity index (χ0n) is 10.5. The second-order valence-corrected chi connectivity index (χ2v) is 4.18. The number of carboxylic acids is 1. The quantitative estimate of drug-likeness (QED) is 0.374. The predicted molar refractivity (Wildman–Crippen MR) is 64.0 cm³/mol. The Bertz CT molecular complexity index is 241. The van der Waals surface area contributed by atoms with Crippen LogP contribution in [0, 0.1) is 0 Å². The number of unbranched alkanes of at least 4 members (excludes halogenated alkanes) is 4. The summed E-state index contributed by atoms with van der Waals surface area (Å²) in [5.74, 6) is -1.16. The molecule has 0 fully saturated rings. The fraction of sp³-hybridized carbons (Fsp3) is 0.833. The molecule has 6 heteroatoms. The molecule has 0 saturated carbocycles. The molecular weight excluding hydrogens is 240 g/mol. The Morgan fingerprint density at radius 2 is 1.56 bits per heavy atom. The summed E-state index contributed by atoms with van der Waals surface area (Å²) in [5, 5.41) is 25.9. The monoisotopic (exact) mass is 262 g/mol. The van der Waals surface area contributed by atoms with Crippen molar-refractivity contribution in [3.8, 4) is 0 Å². The van der Waals surface area contributed by atoms with Crippen molar-refractivity contribution in [1.82, 2.24) is 0 Å². The molecule has 3 N–H and O–H groups in total. The summed E-state index contributed by atoms with van der Waals surface area (Å²) in [6.07, 6.45) is 3.45. The van der Waals surface area contributed by atoms with Gasteiger partial charge in [0.05, 0.1) is 6.61 Å². The van der Waals surface area contributed by atoms with E-state index < -0.39 is 18.7 Å². The lowest BCUT2D eigenvalue weighted by atomic mass is 10.1. The maximum Gasteiger partial charge on any atom is 0.305 e. The third-order valence-corrected chi connectivity index (χ3v) is 2.42. The van der Waals surface area contributed by atoms with Crippen LogP contribution in [0.3, 0.4) is 0 Å². The number of ether oxygens (including phenoxy) is 1. The first-order valence-electron chi connectivity index (χ1n) is 6.22. The van der Waals surface area contributed by atoms with E-state index in [-0.39, 0.29) is 25.4 Å². The molecule has 1 unspecified atom stereocenters. The maximum absolute atomic E-state index is 11.1. The molecule has 0 bridgehead atoms. The topological polar surface area (TPSA) is 104 Å². The smallest absolute Gasteiger partial charge is 0.305 e. The van der Waals surface area contributed by atoms with Gasteiger partial charge in [-0.05, 0) is 12.8 Å².